The molecule has 1 aliphatic heterocycles. The van der Waals surface area contributed by atoms with Crippen LogP contribution in [0.15, 0.2) is 30.3 Å². The van der Waals surface area contributed by atoms with E-state index in [0.717, 1.165) is 38.8 Å². The third-order valence-electron chi connectivity index (χ3n) is 4.20. The van der Waals surface area contributed by atoms with E-state index in [1.54, 1.807) is 0 Å². The fourth-order valence-electron chi connectivity index (χ4n) is 3.02. The van der Waals surface area contributed by atoms with Crippen LogP contribution in [0.25, 0.3) is 0 Å². The molecule has 17 heavy (non-hydrogen) atoms. The number of ketones is 1. The Kier molecular flexibility index (Phi) is 2.75. The van der Waals surface area contributed by atoms with Crippen molar-refractivity contribution in [2.75, 3.05) is 13.1 Å². The molecule has 1 aliphatic carbocycles. The normalized spacial score (nSPS) is 23.3. The standard InChI is InChI=1S/C15H19NO/c17-14(12-6-7-12)15(8-10-16-11-9-15)13-4-2-1-3-5-13/h1-5,12,16H,6-11H2. The van der Waals surface area contributed by atoms with E-state index in [-0.39, 0.29) is 5.41 Å². The van der Waals surface area contributed by atoms with Gasteiger partial charge in [-0.1, -0.05) is 30.3 Å². The number of Topliss-reactive ketones (excluding diaryl/α,β-unsaturated/α-hetero) is 1. The number of benzene rings is 1. The Balaban J connectivity index is 1.97. The highest BCUT2D eigenvalue weighted by molar-refractivity contribution is 5.93. The van der Waals surface area contributed by atoms with Crippen molar-refractivity contribution in [3.63, 3.8) is 0 Å². The van der Waals surface area contributed by atoms with E-state index in [2.05, 4.69) is 29.6 Å². The molecule has 0 aromatic heterocycles. The molecule has 0 unspecified atom stereocenters. The lowest BCUT2D eigenvalue weighted by molar-refractivity contribution is -0.126. The molecule has 2 heteroatoms. The van der Waals surface area contributed by atoms with Gasteiger partial charge in [0.15, 0.2) is 0 Å². The lowest BCUT2D eigenvalue weighted by atomic mass is 9.69. The predicted molar refractivity (Wildman–Crippen MR) is 68.0 cm³/mol. The number of hydrogen-bond acceptors (Lipinski definition) is 2. The highest BCUT2D eigenvalue weighted by Crippen LogP contribution is 2.43. The number of piperidine rings is 1. The van der Waals surface area contributed by atoms with E-state index in [4.69, 9.17) is 0 Å². The number of carbonyl (C=O) groups is 1. The van der Waals surface area contributed by atoms with Gasteiger partial charge < -0.3 is 5.32 Å². The summed E-state index contributed by atoms with van der Waals surface area (Å²) in [7, 11) is 0. The smallest absolute Gasteiger partial charge is 0.146 e. The lowest BCUT2D eigenvalue weighted by Crippen LogP contribution is -2.46. The highest BCUT2D eigenvalue weighted by Gasteiger charge is 2.46. The molecular weight excluding hydrogens is 210 g/mol. The zero-order valence-electron chi connectivity index (χ0n) is 10.1. The average Bonchev–Trinajstić information content (AvgIpc) is 3.24. The first kappa shape index (κ1) is 11.0. The minimum absolute atomic E-state index is 0.187. The van der Waals surface area contributed by atoms with Crippen molar-refractivity contribution < 1.29 is 4.79 Å². The Morgan fingerprint density at radius 3 is 2.35 bits per heavy atom. The van der Waals surface area contributed by atoms with Crippen molar-refractivity contribution in [3.8, 4) is 0 Å². The minimum atomic E-state index is -0.187. The topological polar surface area (TPSA) is 29.1 Å². The van der Waals surface area contributed by atoms with E-state index in [9.17, 15) is 4.79 Å². The average molecular weight is 229 g/mol. The van der Waals surface area contributed by atoms with Crippen LogP contribution >= 0.6 is 0 Å². The van der Waals surface area contributed by atoms with Crippen molar-refractivity contribution in [1.82, 2.24) is 5.32 Å². The van der Waals surface area contributed by atoms with Crippen LogP contribution in [-0.2, 0) is 10.2 Å². The van der Waals surface area contributed by atoms with E-state index in [0.29, 0.717) is 11.7 Å². The van der Waals surface area contributed by atoms with Crippen LogP contribution in [0.4, 0.5) is 0 Å². The van der Waals surface area contributed by atoms with Crippen LogP contribution in [0.3, 0.4) is 0 Å². The molecule has 1 aromatic carbocycles. The molecule has 1 saturated heterocycles. The second-order valence-corrected chi connectivity index (χ2v) is 5.34. The Morgan fingerprint density at radius 1 is 1.12 bits per heavy atom. The van der Waals surface area contributed by atoms with Gasteiger partial charge in [0.25, 0.3) is 0 Å². The van der Waals surface area contributed by atoms with E-state index in [1.165, 1.54) is 5.56 Å². The molecule has 1 heterocycles. The summed E-state index contributed by atoms with van der Waals surface area (Å²) >= 11 is 0. The Bertz CT molecular complexity index is 402. The SMILES string of the molecule is O=C(C1CC1)C1(c2ccccc2)CCNCC1. The van der Waals surface area contributed by atoms with Crippen molar-refractivity contribution >= 4 is 5.78 Å². The van der Waals surface area contributed by atoms with E-state index >= 15 is 0 Å². The summed E-state index contributed by atoms with van der Waals surface area (Å²) in [5, 5.41) is 3.37. The number of rotatable bonds is 3. The van der Waals surface area contributed by atoms with Crippen LogP contribution in [-0.4, -0.2) is 18.9 Å². The zero-order chi connectivity index (χ0) is 11.7. The Labute approximate surface area is 102 Å². The zero-order valence-corrected chi connectivity index (χ0v) is 10.1. The van der Waals surface area contributed by atoms with Crippen LogP contribution in [0, 0.1) is 5.92 Å². The summed E-state index contributed by atoms with van der Waals surface area (Å²) in [5.41, 5.74) is 1.05. The molecule has 90 valence electrons. The number of nitrogens with one attached hydrogen (secondary N) is 1. The number of hydrogen-bond donors (Lipinski definition) is 1. The summed E-state index contributed by atoms with van der Waals surface area (Å²) in [6.07, 6.45) is 4.15. The summed E-state index contributed by atoms with van der Waals surface area (Å²) in [4.78, 5) is 12.7. The summed E-state index contributed by atoms with van der Waals surface area (Å²) in [6, 6.07) is 10.4. The minimum Gasteiger partial charge on any atom is -0.317 e. The van der Waals surface area contributed by atoms with Gasteiger partial charge in [-0.25, -0.2) is 0 Å². The number of carbonyl (C=O) groups excluding carboxylic acids is 1. The van der Waals surface area contributed by atoms with Gasteiger partial charge in [0.2, 0.25) is 0 Å². The Morgan fingerprint density at radius 2 is 1.76 bits per heavy atom. The molecule has 2 fully saturated rings. The second kappa shape index (κ2) is 4.26. The maximum atomic E-state index is 12.7. The summed E-state index contributed by atoms with van der Waals surface area (Å²) in [6.45, 7) is 1.93. The van der Waals surface area contributed by atoms with Crippen LogP contribution < -0.4 is 5.32 Å². The maximum absolute atomic E-state index is 12.7. The molecule has 0 amide bonds. The van der Waals surface area contributed by atoms with Crippen molar-refractivity contribution in [3.05, 3.63) is 35.9 Å². The summed E-state index contributed by atoms with van der Waals surface area (Å²) in [5.74, 6) is 0.860. The molecule has 3 rings (SSSR count). The van der Waals surface area contributed by atoms with Gasteiger partial charge in [0, 0.05) is 5.92 Å². The van der Waals surface area contributed by atoms with Crippen molar-refractivity contribution in [1.29, 1.82) is 0 Å². The van der Waals surface area contributed by atoms with Gasteiger partial charge in [0.1, 0.15) is 5.78 Å². The highest BCUT2D eigenvalue weighted by atomic mass is 16.1. The first-order valence-electron chi connectivity index (χ1n) is 6.63. The van der Waals surface area contributed by atoms with Crippen LogP contribution in [0.2, 0.25) is 0 Å². The third-order valence-corrected chi connectivity index (χ3v) is 4.20. The monoisotopic (exact) mass is 229 g/mol. The fraction of sp³-hybridized carbons (Fsp3) is 0.533. The summed E-state index contributed by atoms with van der Waals surface area (Å²) < 4.78 is 0. The second-order valence-electron chi connectivity index (χ2n) is 5.34. The van der Waals surface area contributed by atoms with Gasteiger partial charge >= 0.3 is 0 Å². The fourth-order valence-corrected chi connectivity index (χ4v) is 3.02. The molecule has 0 atom stereocenters. The van der Waals surface area contributed by atoms with Gasteiger partial charge in [-0.15, -0.1) is 0 Å². The van der Waals surface area contributed by atoms with E-state index in [1.807, 2.05) is 6.07 Å². The first-order chi connectivity index (χ1) is 8.33. The molecule has 0 bridgehead atoms. The molecule has 1 aromatic rings. The molecule has 2 nitrogen and oxygen atoms in total. The van der Waals surface area contributed by atoms with Crippen molar-refractivity contribution in [2.24, 2.45) is 5.92 Å². The van der Waals surface area contributed by atoms with Gasteiger partial charge in [-0.2, -0.15) is 0 Å². The lowest BCUT2D eigenvalue weighted by Gasteiger charge is -2.37. The molecule has 0 radical (unpaired) electrons. The Hall–Kier alpha value is -1.15. The molecule has 1 saturated carbocycles. The van der Waals surface area contributed by atoms with Crippen LogP contribution in [0.5, 0.6) is 0 Å². The molecular formula is C15H19NO. The first-order valence-corrected chi connectivity index (χ1v) is 6.63. The van der Waals surface area contributed by atoms with Gasteiger partial charge in [-0.05, 0) is 44.3 Å². The molecule has 0 spiro atoms. The van der Waals surface area contributed by atoms with E-state index < -0.39 is 0 Å². The van der Waals surface area contributed by atoms with Gasteiger partial charge in [-0.3, -0.25) is 4.79 Å². The molecule has 1 N–H and O–H groups in total. The molecule has 2 aliphatic rings. The van der Waals surface area contributed by atoms with Crippen molar-refractivity contribution in [2.45, 2.75) is 31.1 Å². The third kappa shape index (κ3) is 1.91. The largest absolute Gasteiger partial charge is 0.317 e. The quantitative estimate of drug-likeness (QED) is 0.861. The van der Waals surface area contributed by atoms with Gasteiger partial charge in [0.05, 0.1) is 5.41 Å². The van der Waals surface area contributed by atoms with Crippen LogP contribution in [0.1, 0.15) is 31.2 Å². The predicted octanol–water partition coefficient (Wildman–Crippen LogP) is 2.29. The maximum Gasteiger partial charge on any atom is 0.146 e.